The minimum atomic E-state index is -0.447. The van der Waals surface area contributed by atoms with Crippen LogP contribution in [0.3, 0.4) is 0 Å². The van der Waals surface area contributed by atoms with Crippen molar-refractivity contribution in [2.75, 3.05) is 4.90 Å². The van der Waals surface area contributed by atoms with Crippen LogP contribution in [0, 0.1) is 39.7 Å². The fourth-order valence-corrected chi connectivity index (χ4v) is 6.11. The van der Waals surface area contributed by atoms with Crippen molar-refractivity contribution in [2.45, 2.75) is 12.5 Å². The molecule has 3 fully saturated rings. The molecular formula is C22H16ClN3O5. The van der Waals surface area contributed by atoms with Crippen LogP contribution in [0.25, 0.3) is 0 Å². The number of halogens is 1. The van der Waals surface area contributed by atoms with E-state index >= 15 is 0 Å². The highest BCUT2D eigenvalue weighted by Crippen LogP contribution is 2.62. The molecule has 31 heavy (non-hydrogen) atoms. The van der Waals surface area contributed by atoms with Gasteiger partial charge in [0, 0.05) is 34.6 Å². The van der Waals surface area contributed by atoms with Crippen LogP contribution in [-0.2, 0) is 14.4 Å². The van der Waals surface area contributed by atoms with Gasteiger partial charge in [0.05, 0.1) is 28.2 Å². The first kappa shape index (κ1) is 18.5. The molecule has 4 aliphatic rings. The Hall–Kier alpha value is -3.26. The maximum atomic E-state index is 13.3. The second-order valence-corrected chi connectivity index (χ2v) is 8.92. The number of carbonyl (C=O) groups excluding carboxylic acids is 2. The van der Waals surface area contributed by atoms with Crippen molar-refractivity contribution in [3.05, 3.63) is 69.2 Å². The van der Waals surface area contributed by atoms with Crippen molar-refractivity contribution >= 4 is 40.5 Å². The van der Waals surface area contributed by atoms with Crippen LogP contribution < -0.4 is 4.90 Å². The van der Waals surface area contributed by atoms with E-state index in [1.165, 1.54) is 17.0 Å². The molecule has 1 saturated heterocycles. The summed E-state index contributed by atoms with van der Waals surface area (Å²) in [5.41, 5.74) is 1.75. The van der Waals surface area contributed by atoms with Gasteiger partial charge in [-0.25, -0.2) is 0 Å². The first-order chi connectivity index (χ1) is 15.0. The zero-order valence-corrected chi connectivity index (χ0v) is 16.8. The summed E-state index contributed by atoms with van der Waals surface area (Å²) in [6.07, 6.45) is 0.423. The lowest BCUT2D eigenvalue weighted by Gasteiger charge is -2.29. The van der Waals surface area contributed by atoms with E-state index < -0.39 is 16.8 Å². The number of benzene rings is 2. The Morgan fingerprint density at radius 3 is 2.45 bits per heavy atom. The second-order valence-electron chi connectivity index (χ2n) is 8.48. The van der Waals surface area contributed by atoms with Crippen LogP contribution in [0.15, 0.2) is 53.7 Å². The van der Waals surface area contributed by atoms with Gasteiger partial charge < -0.3 is 4.84 Å². The minimum absolute atomic E-state index is 0.0225. The summed E-state index contributed by atoms with van der Waals surface area (Å²) in [5.74, 6) is -1.60. The highest BCUT2D eigenvalue weighted by molar-refractivity contribution is 6.31. The predicted octanol–water partition coefficient (Wildman–Crippen LogP) is 3.42. The monoisotopic (exact) mass is 437 g/mol. The largest absolute Gasteiger partial charge is 0.391 e. The van der Waals surface area contributed by atoms with Crippen LogP contribution in [0.5, 0.6) is 0 Å². The third-order valence-electron chi connectivity index (χ3n) is 7.13. The van der Waals surface area contributed by atoms with Crippen molar-refractivity contribution < 1.29 is 19.3 Å². The van der Waals surface area contributed by atoms with Crippen molar-refractivity contribution in [2.24, 2.45) is 34.7 Å². The summed E-state index contributed by atoms with van der Waals surface area (Å²) in [4.78, 5) is 44.3. The standard InChI is InChI=1S/C22H16ClN3O5/c23-11-4-6-12(7-5-11)25-21(27)16-14-9-15(17(16)22(25)28)20-18(14)19(24-31-20)10-2-1-3-13(8-10)26(29)30/h1-8,14-18,20H,9H2/t14-,15-,16-,17-,18-,20+/m1/s1. The first-order valence-electron chi connectivity index (χ1n) is 10.1. The van der Waals surface area contributed by atoms with Gasteiger partial charge >= 0.3 is 0 Å². The number of anilines is 1. The number of rotatable bonds is 3. The number of carbonyl (C=O) groups is 2. The van der Waals surface area contributed by atoms with Crippen molar-refractivity contribution in [1.82, 2.24) is 0 Å². The number of oxime groups is 1. The zero-order valence-electron chi connectivity index (χ0n) is 16.1. The van der Waals surface area contributed by atoms with Crippen molar-refractivity contribution in [3.63, 3.8) is 0 Å². The fraction of sp³-hybridized carbons (Fsp3) is 0.318. The summed E-state index contributed by atoms with van der Waals surface area (Å²) in [6.45, 7) is 0. The van der Waals surface area contributed by atoms with E-state index in [1.807, 2.05) is 0 Å². The third kappa shape index (κ3) is 2.45. The number of non-ortho nitro benzene ring substituents is 1. The Balaban J connectivity index is 1.34. The molecule has 8 nitrogen and oxygen atoms in total. The average molecular weight is 438 g/mol. The molecule has 0 spiro atoms. The minimum Gasteiger partial charge on any atom is -0.391 e. The van der Waals surface area contributed by atoms with Crippen molar-refractivity contribution in [3.8, 4) is 0 Å². The Kier molecular flexibility index (Phi) is 3.80. The van der Waals surface area contributed by atoms with E-state index in [0.29, 0.717) is 28.4 Å². The molecule has 2 heterocycles. The van der Waals surface area contributed by atoms with Crippen molar-refractivity contribution in [1.29, 1.82) is 0 Å². The molecule has 2 bridgehead atoms. The van der Waals surface area contributed by atoms with Crippen LogP contribution >= 0.6 is 11.6 Å². The smallest absolute Gasteiger partial charge is 0.270 e. The van der Waals surface area contributed by atoms with Gasteiger partial charge in [-0.15, -0.1) is 0 Å². The van der Waals surface area contributed by atoms with Gasteiger partial charge in [0.1, 0.15) is 6.10 Å². The van der Waals surface area contributed by atoms with E-state index in [1.54, 1.807) is 36.4 Å². The summed E-state index contributed by atoms with van der Waals surface area (Å²) >= 11 is 5.95. The van der Waals surface area contributed by atoms with Gasteiger partial charge in [0.25, 0.3) is 5.69 Å². The van der Waals surface area contributed by atoms with Crippen LogP contribution in [-0.4, -0.2) is 28.6 Å². The molecular weight excluding hydrogens is 422 g/mol. The van der Waals surface area contributed by atoms with Gasteiger partial charge in [-0.05, 0) is 36.6 Å². The molecule has 2 amide bonds. The molecule has 0 unspecified atom stereocenters. The van der Waals surface area contributed by atoms with Crippen LogP contribution in [0.2, 0.25) is 5.02 Å². The number of hydrogen-bond donors (Lipinski definition) is 0. The van der Waals surface area contributed by atoms with Gasteiger partial charge in [-0.1, -0.05) is 28.9 Å². The summed E-state index contributed by atoms with van der Waals surface area (Å²) in [7, 11) is 0. The van der Waals surface area contributed by atoms with E-state index in [-0.39, 0.29) is 41.4 Å². The molecule has 0 N–H and O–H groups in total. The Labute approximate surface area is 181 Å². The van der Waals surface area contributed by atoms with Gasteiger partial charge in [0.15, 0.2) is 0 Å². The van der Waals surface area contributed by atoms with Crippen LogP contribution in [0.1, 0.15) is 12.0 Å². The SMILES string of the molecule is O=C1[C@@H]2[C@H]3C[C@@H]([C@@H]4ON=C(c5cccc([N+](=O)[O-])c5)[C@@H]34)[C@H]2C(=O)N1c1ccc(Cl)cc1. The van der Waals surface area contributed by atoms with E-state index in [4.69, 9.17) is 16.4 Å². The quantitative estimate of drug-likeness (QED) is 0.416. The lowest BCUT2D eigenvalue weighted by molar-refractivity contribution is -0.384. The molecule has 6 atom stereocenters. The molecule has 2 aliphatic carbocycles. The van der Waals surface area contributed by atoms with Crippen LogP contribution in [0.4, 0.5) is 11.4 Å². The normalized spacial score (nSPS) is 32.7. The maximum Gasteiger partial charge on any atom is 0.270 e. The molecule has 2 aromatic carbocycles. The summed E-state index contributed by atoms with van der Waals surface area (Å²) < 4.78 is 0. The lowest BCUT2D eigenvalue weighted by Crippen LogP contribution is -2.41. The molecule has 6 rings (SSSR count). The number of nitrogens with zero attached hydrogens (tertiary/aromatic N) is 3. The Bertz CT molecular complexity index is 1180. The third-order valence-corrected chi connectivity index (χ3v) is 7.38. The highest BCUT2D eigenvalue weighted by atomic mass is 35.5. The molecule has 0 radical (unpaired) electrons. The number of hydrogen-bond acceptors (Lipinski definition) is 6. The van der Waals surface area contributed by atoms with E-state index in [2.05, 4.69) is 5.16 Å². The highest BCUT2D eigenvalue weighted by Gasteiger charge is 2.70. The van der Waals surface area contributed by atoms with Gasteiger partial charge in [-0.2, -0.15) is 0 Å². The first-order valence-corrected chi connectivity index (χ1v) is 10.5. The second kappa shape index (κ2) is 6.37. The molecule has 9 heteroatoms. The van der Waals surface area contributed by atoms with E-state index in [0.717, 1.165) is 0 Å². The predicted molar refractivity (Wildman–Crippen MR) is 111 cm³/mol. The average Bonchev–Trinajstić information content (AvgIpc) is 3.49. The van der Waals surface area contributed by atoms with Gasteiger partial charge in [-0.3, -0.25) is 24.6 Å². The van der Waals surface area contributed by atoms with Gasteiger partial charge in [0.2, 0.25) is 11.8 Å². The van der Waals surface area contributed by atoms with E-state index in [9.17, 15) is 19.7 Å². The number of imide groups is 1. The number of nitro benzene ring substituents is 1. The summed E-state index contributed by atoms with van der Waals surface area (Å²) in [6, 6.07) is 13.0. The molecule has 156 valence electrons. The summed E-state index contributed by atoms with van der Waals surface area (Å²) in [5, 5.41) is 16.0. The molecule has 2 aliphatic heterocycles. The Morgan fingerprint density at radius 1 is 1.03 bits per heavy atom. The Morgan fingerprint density at radius 2 is 1.74 bits per heavy atom. The number of fused-ring (bicyclic) bond motifs is 8. The molecule has 2 aromatic rings. The molecule has 2 saturated carbocycles. The fourth-order valence-electron chi connectivity index (χ4n) is 5.99. The topological polar surface area (TPSA) is 102 Å². The maximum absolute atomic E-state index is 13.3. The lowest BCUT2D eigenvalue weighted by atomic mass is 9.71. The number of amides is 2. The zero-order chi connectivity index (χ0) is 21.4. The molecule has 0 aromatic heterocycles. The number of nitro groups is 1.